The van der Waals surface area contributed by atoms with E-state index >= 15 is 0 Å². The molecule has 1 unspecified atom stereocenters. The number of anilines is 3. The van der Waals surface area contributed by atoms with Gasteiger partial charge in [-0.3, -0.25) is 24.6 Å². The first kappa shape index (κ1) is 41.2. The number of piperazine rings is 1. The highest BCUT2D eigenvalue weighted by Crippen LogP contribution is 2.32. The molecule has 5 aromatic carbocycles. The number of morpholine rings is 1. The molecule has 0 spiro atoms. The van der Waals surface area contributed by atoms with Crippen LogP contribution in [0.15, 0.2) is 137 Å². The molecule has 0 saturated carbocycles. The summed E-state index contributed by atoms with van der Waals surface area (Å²) in [6, 6.07) is 38.7. The van der Waals surface area contributed by atoms with Crippen molar-refractivity contribution >= 4 is 55.6 Å². The minimum atomic E-state index is -4.27. The topological polar surface area (TPSA) is 146 Å². The third kappa shape index (κ3) is 10.4. The molecule has 0 bridgehead atoms. The molecule has 2 aliphatic heterocycles. The molecule has 0 amide bonds. The van der Waals surface area contributed by atoms with Crippen molar-refractivity contribution in [3.8, 4) is 11.1 Å². The van der Waals surface area contributed by atoms with Crippen molar-refractivity contribution in [3.05, 3.63) is 143 Å². The first-order valence-corrected chi connectivity index (χ1v) is 22.7. The van der Waals surface area contributed by atoms with Crippen molar-refractivity contribution in [3.63, 3.8) is 0 Å². The second-order valence-electron chi connectivity index (χ2n) is 15.0. The van der Waals surface area contributed by atoms with Crippen LogP contribution in [0.1, 0.15) is 12.0 Å². The number of nitrogens with zero attached hydrogens (tertiary/aromatic N) is 6. The predicted molar refractivity (Wildman–Crippen MR) is 239 cm³/mol. The van der Waals surface area contributed by atoms with Gasteiger partial charge in [0.25, 0.3) is 15.7 Å². The van der Waals surface area contributed by atoms with Crippen molar-refractivity contribution < 1.29 is 18.1 Å². The van der Waals surface area contributed by atoms with E-state index in [1.54, 1.807) is 11.8 Å². The zero-order valence-corrected chi connectivity index (χ0v) is 34.9. The molecule has 2 N–H and O–H groups in total. The molecular formula is C45H48N8O5S2. The van der Waals surface area contributed by atoms with Gasteiger partial charge in [0.15, 0.2) is 5.82 Å². The molecular weight excluding hydrogens is 797 g/mol. The van der Waals surface area contributed by atoms with Gasteiger partial charge in [0.1, 0.15) is 12.0 Å². The lowest BCUT2D eigenvalue weighted by atomic mass is 10.0. The molecule has 13 nitrogen and oxygen atoms in total. The van der Waals surface area contributed by atoms with Crippen LogP contribution in [-0.4, -0.2) is 104 Å². The summed E-state index contributed by atoms with van der Waals surface area (Å²) in [5.74, 6) is 0.760. The summed E-state index contributed by atoms with van der Waals surface area (Å²) in [5, 5.41) is 16.3. The lowest BCUT2D eigenvalue weighted by molar-refractivity contribution is -0.384. The van der Waals surface area contributed by atoms with Gasteiger partial charge < -0.3 is 15.0 Å². The fourth-order valence-corrected chi connectivity index (χ4v) is 9.70. The van der Waals surface area contributed by atoms with Gasteiger partial charge in [-0.15, -0.1) is 11.8 Å². The standard InChI is InChI=1S/C45H48N8O5S2/c54-53(55)44-30-40(15-17-42(44)48-37(18-19-50-24-26-58-27-25-50)32-59-39-12-5-2-6-13-39)60(56,57)49-45-41-16-14-38(29-43(41)46-33-47-45)52-22-20-51(21-23-52)31-34-8-7-11-36(28-34)35-9-3-1-4-10-35/h1-17,28-30,33,37,48H,18-27,31-32H2,(H,46,47,49). The van der Waals surface area contributed by atoms with Crippen molar-refractivity contribution in [2.45, 2.75) is 28.8 Å². The van der Waals surface area contributed by atoms with E-state index in [4.69, 9.17) is 4.74 Å². The van der Waals surface area contributed by atoms with Crippen LogP contribution in [0, 0.1) is 10.1 Å². The molecule has 310 valence electrons. The normalized spacial score (nSPS) is 15.8. The van der Waals surface area contributed by atoms with E-state index in [0.717, 1.165) is 75.4 Å². The first-order chi connectivity index (χ1) is 29.3. The summed E-state index contributed by atoms with van der Waals surface area (Å²) in [6.07, 6.45) is 2.06. The summed E-state index contributed by atoms with van der Waals surface area (Å²) in [4.78, 5) is 28.6. The molecule has 15 heteroatoms. The first-order valence-electron chi connectivity index (χ1n) is 20.2. The van der Waals surface area contributed by atoms with Crippen molar-refractivity contribution in [2.75, 3.05) is 79.7 Å². The number of nitro groups is 1. The largest absolute Gasteiger partial charge is 0.379 e. The number of thioether (sulfide) groups is 1. The number of fused-ring (bicyclic) bond motifs is 1. The van der Waals surface area contributed by atoms with Gasteiger partial charge in [-0.05, 0) is 71.6 Å². The zero-order valence-electron chi connectivity index (χ0n) is 33.2. The van der Waals surface area contributed by atoms with Gasteiger partial charge in [0.2, 0.25) is 0 Å². The Morgan fingerprint density at radius 3 is 2.30 bits per heavy atom. The average Bonchev–Trinajstić information content (AvgIpc) is 3.28. The lowest BCUT2D eigenvalue weighted by Gasteiger charge is -2.36. The molecule has 0 radical (unpaired) electrons. The number of benzene rings is 5. The Labute approximate surface area is 355 Å². The lowest BCUT2D eigenvalue weighted by Crippen LogP contribution is -2.45. The van der Waals surface area contributed by atoms with Crippen LogP contribution in [0.4, 0.5) is 22.9 Å². The highest BCUT2D eigenvalue weighted by molar-refractivity contribution is 7.99. The second-order valence-corrected chi connectivity index (χ2v) is 17.8. The van der Waals surface area contributed by atoms with Crippen molar-refractivity contribution in [2.24, 2.45) is 0 Å². The number of hydrogen-bond donors (Lipinski definition) is 2. The molecule has 0 aliphatic carbocycles. The summed E-state index contributed by atoms with van der Waals surface area (Å²) in [7, 11) is -4.27. The SMILES string of the molecule is O=[N+]([O-])c1cc(S(=O)(=O)Nc2ncnc3cc(N4CCN(Cc5cccc(-c6ccccc6)c5)CC4)ccc23)ccc1NC(CCN1CCOCC1)CSc1ccccc1. The Bertz CT molecular complexity index is 2500. The monoisotopic (exact) mass is 844 g/mol. The summed E-state index contributed by atoms with van der Waals surface area (Å²) in [5.41, 5.74) is 5.22. The maximum Gasteiger partial charge on any atom is 0.293 e. The molecule has 60 heavy (non-hydrogen) atoms. The average molecular weight is 845 g/mol. The van der Waals surface area contributed by atoms with E-state index in [-0.39, 0.29) is 28.1 Å². The molecule has 6 aromatic rings. The van der Waals surface area contributed by atoms with Gasteiger partial charge in [-0.25, -0.2) is 18.4 Å². The Morgan fingerprint density at radius 2 is 1.53 bits per heavy atom. The quantitative estimate of drug-likeness (QED) is 0.0562. The molecule has 2 saturated heterocycles. The molecule has 8 rings (SSSR count). The van der Waals surface area contributed by atoms with Crippen molar-refractivity contribution in [1.29, 1.82) is 0 Å². The van der Waals surface area contributed by atoms with Crippen molar-refractivity contribution in [1.82, 2.24) is 19.8 Å². The Balaban J connectivity index is 0.927. The number of nitrogens with one attached hydrogen (secondary N) is 2. The van der Waals surface area contributed by atoms with E-state index in [1.807, 2.05) is 54.6 Å². The van der Waals surface area contributed by atoms with Gasteiger partial charge in [-0.2, -0.15) is 0 Å². The maximum atomic E-state index is 13.8. The van der Waals surface area contributed by atoms with Crippen LogP contribution in [0.25, 0.3) is 22.0 Å². The number of nitro benzene ring substituents is 1. The van der Waals surface area contributed by atoms with Crippen LogP contribution in [-0.2, 0) is 21.3 Å². The maximum absolute atomic E-state index is 13.8. The predicted octanol–water partition coefficient (Wildman–Crippen LogP) is 7.62. The minimum Gasteiger partial charge on any atom is -0.379 e. The Kier molecular flexibility index (Phi) is 13.2. The van der Waals surface area contributed by atoms with E-state index in [9.17, 15) is 18.5 Å². The Hall–Kier alpha value is -5.58. The smallest absolute Gasteiger partial charge is 0.293 e. The van der Waals surface area contributed by atoms with Crippen LogP contribution in [0.3, 0.4) is 0 Å². The number of rotatable bonds is 16. The molecule has 3 heterocycles. The Morgan fingerprint density at radius 1 is 0.783 bits per heavy atom. The number of aromatic nitrogens is 2. The number of sulfonamides is 1. The summed E-state index contributed by atoms with van der Waals surface area (Å²) >= 11 is 1.67. The van der Waals surface area contributed by atoms with Gasteiger partial charge in [-0.1, -0.05) is 66.7 Å². The van der Waals surface area contributed by atoms with Gasteiger partial charge in [0, 0.05) is 86.2 Å². The molecule has 1 atom stereocenters. The van der Waals surface area contributed by atoms with E-state index in [1.165, 1.54) is 35.2 Å². The fourth-order valence-electron chi connectivity index (χ4n) is 7.66. The molecule has 2 aliphatic rings. The van der Waals surface area contributed by atoms with E-state index in [2.05, 4.69) is 83.2 Å². The number of ether oxygens (including phenoxy) is 1. The van der Waals surface area contributed by atoms with E-state index < -0.39 is 14.9 Å². The van der Waals surface area contributed by atoms with Crippen LogP contribution in [0.2, 0.25) is 0 Å². The minimum absolute atomic E-state index is 0.0973. The highest BCUT2D eigenvalue weighted by atomic mass is 32.2. The summed E-state index contributed by atoms with van der Waals surface area (Å²) in [6.45, 7) is 8.17. The van der Waals surface area contributed by atoms with E-state index in [0.29, 0.717) is 29.9 Å². The highest BCUT2D eigenvalue weighted by Gasteiger charge is 2.25. The van der Waals surface area contributed by atoms with Crippen LogP contribution in [0.5, 0.6) is 0 Å². The summed E-state index contributed by atoms with van der Waals surface area (Å²) < 4.78 is 35.7. The third-order valence-corrected chi connectivity index (χ3v) is 13.5. The van der Waals surface area contributed by atoms with Crippen LogP contribution >= 0.6 is 11.8 Å². The fraction of sp³-hybridized carbons (Fsp3) is 0.289. The zero-order chi connectivity index (χ0) is 41.3. The second kappa shape index (κ2) is 19.2. The van der Waals surface area contributed by atoms with Gasteiger partial charge >= 0.3 is 0 Å². The van der Waals surface area contributed by atoms with Gasteiger partial charge in [0.05, 0.1) is 28.5 Å². The number of hydrogen-bond acceptors (Lipinski definition) is 12. The molecule has 2 fully saturated rings. The van der Waals surface area contributed by atoms with Crippen LogP contribution < -0.4 is 14.9 Å². The third-order valence-electron chi connectivity index (χ3n) is 11.0. The molecule has 1 aromatic heterocycles.